The van der Waals surface area contributed by atoms with Crippen molar-refractivity contribution in [2.75, 3.05) is 30.0 Å². The van der Waals surface area contributed by atoms with Crippen molar-refractivity contribution in [3.05, 3.63) is 23.7 Å². The summed E-state index contributed by atoms with van der Waals surface area (Å²) in [5, 5.41) is 40.4. The van der Waals surface area contributed by atoms with Gasteiger partial charge < -0.3 is 30.6 Å². The third kappa shape index (κ3) is 6.65. The third-order valence-electron chi connectivity index (χ3n) is 5.89. The number of aliphatic carboxylic acids is 2. The summed E-state index contributed by atoms with van der Waals surface area (Å²) >= 11 is 3.33. The van der Waals surface area contributed by atoms with Gasteiger partial charge in [-0.15, -0.1) is 28.2 Å². The molecule has 0 radical (unpaired) electrons. The molecule has 4 heterocycles. The molecule has 17 nitrogen and oxygen atoms in total. The fraction of sp³-hybridized carbons (Fsp3) is 0.429. The van der Waals surface area contributed by atoms with E-state index in [1.807, 2.05) is 0 Å². The summed E-state index contributed by atoms with van der Waals surface area (Å²) in [6.07, 6.45) is 1.66. The van der Waals surface area contributed by atoms with Crippen LogP contribution in [-0.2, 0) is 35.4 Å². The second-order valence-corrected chi connectivity index (χ2v) is 11.6. The number of carbonyl (C=O) groups excluding carboxylic acids is 3. The molecular formula is C21H23N9O8S3. The Bertz CT molecular complexity index is 1380. The van der Waals surface area contributed by atoms with Gasteiger partial charge in [-0.05, 0) is 10.4 Å². The maximum absolute atomic E-state index is 13.1. The number of nitrogens with one attached hydrogen (secondary N) is 2. The Balaban J connectivity index is 1.42. The minimum Gasteiger partial charge on any atom is -0.481 e. The molecule has 2 aromatic rings. The van der Waals surface area contributed by atoms with Crippen LogP contribution < -0.4 is 10.6 Å². The van der Waals surface area contributed by atoms with Crippen LogP contribution in [0.1, 0.15) is 12.1 Å². The fourth-order valence-electron chi connectivity index (χ4n) is 3.82. The quantitative estimate of drug-likeness (QED) is 0.0366. The molecule has 0 spiro atoms. The lowest BCUT2D eigenvalue weighted by Gasteiger charge is -2.53. The highest BCUT2D eigenvalue weighted by molar-refractivity contribution is 8.00. The smallest absolute Gasteiger partial charge is 0.313 e. The van der Waals surface area contributed by atoms with Crippen molar-refractivity contribution in [2.24, 2.45) is 10.6 Å². The molecule has 0 aliphatic carbocycles. The molecule has 20 heteroatoms. The van der Waals surface area contributed by atoms with Gasteiger partial charge in [0, 0.05) is 23.4 Å². The van der Waals surface area contributed by atoms with Gasteiger partial charge in [-0.2, -0.15) is 0 Å². The number of carboxylic acid groups (broad SMARTS) is 2. The van der Waals surface area contributed by atoms with Crippen LogP contribution in [0.25, 0.3) is 0 Å². The van der Waals surface area contributed by atoms with Crippen LogP contribution in [0.2, 0.25) is 0 Å². The second kappa shape index (κ2) is 13.1. The summed E-state index contributed by atoms with van der Waals surface area (Å²) in [6, 6.07) is -0.939. The number of aromatic nitrogens is 5. The number of hydrogen-bond acceptors (Lipinski definition) is 14. The number of thioether (sulfide) groups is 2. The van der Waals surface area contributed by atoms with E-state index in [9.17, 15) is 29.1 Å². The average Bonchev–Trinajstić information content (AvgIpc) is 3.61. The van der Waals surface area contributed by atoms with E-state index < -0.39 is 40.6 Å². The van der Waals surface area contributed by atoms with Crippen LogP contribution in [-0.4, -0.2) is 112 Å². The molecule has 2 aliphatic heterocycles. The lowest BCUT2D eigenvalue weighted by Crippen LogP contribution is -2.74. The largest absolute Gasteiger partial charge is 0.481 e. The number of hydrogen-bond donors (Lipinski definition) is 4. The van der Waals surface area contributed by atoms with E-state index >= 15 is 0 Å². The van der Waals surface area contributed by atoms with E-state index in [1.54, 1.807) is 0 Å². The van der Waals surface area contributed by atoms with Crippen LogP contribution in [0, 0.1) is 5.41 Å². The highest BCUT2D eigenvalue weighted by atomic mass is 32.2. The molecule has 0 bridgehead atoms. The first-order chi connectivity index (χ1) is 19.7. The average molecular weight is 626 g/mol. The van der Waals surface area contributed by atoms with Crippen LogP contribution in [0.15, 0.2) is 28.3 Å². The van der Waals surface area contributed by atoms with Crippen molar-refractivity contribution in [3.63, 3.8) is 0 Å². The monoisotopic (exact) mass is 625 g/mol. The van der Waals surface area contributed by atoms with Gasteiger partial charge in [-0.1, -0.05) is 29.6 Å². The van der Waals surface area contributed by atoms with E-state index in [4.69, 9.17) is 9.94 Å². The van der Waals surface area contributed by atoms with Crippen molar-refractivity contribution in [3.8, 4) is 0 Å². The third-order valence-corrected chi connectivity index (χ3v) is 9.50. The van der Waals surface area contributed by atoms with Gasteiger partial charge in [-0.3, -0.25) is 24.0 Å². The number of carbonyl (C=O) groups is 5. The fourth-order valence-corrected chi connectivity index (χ4v) is 7.24. The highest BCUT2D eigenvalue weighted by Crippen LogP contribution is 2.44. The molecule has 218 valence electrons. The van der Waals surface area contributed by atoms with Gasteiger partial charge in [0.25, 0.3) is 5.91 Å². The molecule has 4 rings (SSSR count). The number of carboxylic acids is 2. The van der Waals surface area contributed by atoms with Crippen LogP contribution in [0.3, 0.4) is 0 Å². The first-order valence-corrected chi connectivity index (χ1v) is 14.6. The lowest BCUT2D eigenvalue weighted by molar-refractivity contribution is -0.157. The number of anilines is 1. The Hall–Kier alpha value is -4.04. The Morgan fingerprint density at radius 3 is 2.88 bits per heavy atom. The van der Waals surface area contributed by atoms with Crippen LogP contribution in [0.5, 0.6) is 0 Å². The predicted octanol–water partition coefficient (Wildman–Crippen LogP) is -0.657. The Morgan fingerprint density at radius 1 is 1.37 bits per heavy atom. The molecule has 2 aliphatic rings. The molecule has 2 saturated heterocycles. The van der Waals surface area contributed by atoms with Gasteiger partial charge in [0.05, 0.1) is 13.0 Å². The Labute approximate surface area is 243 Å². The summed E-state index contributed by atoms with van der Waals surface area (Å²) < 4.78 is 1.28. The first-order valence-electron chi connectivity index (χ1n) is 11.7. The zero-order valence-corrected chi connectivity index (χ0v) is 23.5. The number of oxime groups is 1. The van der Waals surface area contributed by atoms with Crippen molar-refractivity contribution in [1.29, 1.82) is 0 Å². The number of thiazole rings is 1. The maximum Gasteiger partial charge on any atom is 0.313 e. The first kappa shape index (κ1) is 29.9. The molecule has 2 fully saturated rings. The zero-order valence-electron chi connectivity index (χ0n) is 21.0. The predicted molar refractivity (Wildman–Crippen MR) is 145 cm³/mol. The van der Waals surface area contributed by atoms with E-state index in [-0.39, 0.29) is 59.3 Å². The molecule has 3 atom stereocenters. The number of amides is 3. The number of fused-ring (bicyclic) bond motifs is 1. The molecule has 4 N–H and O–H groups in total. The second-order valence-electron chi connectivity index (χ2n) is 8.65. The summed E-state index contributed by atoms with van der Waals surface area (Å²) in [6.45, 7) is 3.44. The summed E-state index contributed by atoms with van der Waals surface area (Å²) in [4.78, 5) is 70.7. The van der Waals surface area contributed by atoms with Gasteiger partial charge in [-0.25, -0.2) is 9.67 Å². The number of aryl methyl sites for hydroxylation is 1. The highest BCUT2D eigenvalue weighted by Gasteiger charge is 2.57. The van der Waals surface area contributed by atoms with Gasteiger partial charge in [0.15, 0.2) is 10.8 Å². The lowest BCUT2D eigenvalue weighted by atomic mass is 9.89. The molecule has 2 unspecified atom stereocenters. The number of rotatable bonds is 15. The van der Waals surface area contributed by atoms with Crippen LogP contribution >= 0.6 is 34.9 Å². The van der Waals surface area contributed by atoms with Crippen molar-refractivity contribution in [2.45, 2.75) is 29.5 Å². The SMILES string of the molecule is C=CCON=C(C(=O)NC1C(=O)N2CC(CSc3nnnn3CCC(=O)O)(C(=O)O)CS[C@H]12)c1csc(NC=O)n1. The maximum atomic E-state index is 13.1. The van der Waals surface area contributed by atoms with Gasteiger partial charge >= 0.3 is 11.9 Å². The molecule has 0 saturated carbocycles. The Morgan fingerprint density at radius 2 is 2.17 bits per heavy atom. The molecular weight excluding hydrogens is 602 g/mol. The van der Waals surface area contributed by atoms with E-state index in [0.717, 1.165) is 23.1 Å². The van der Waals surface area contributed by atoms with Gasteiger partial charge in [0.1, 0.15) is 29.1 Å². The van der Waals surface area contributed by atoms with E-state index in [1.165, 1.54) is 32.8 Å². The zero-order chi connectivity index (χ0) is 29.6. The summed E-state index contributed by atoms with van der Waals surface area (Å²) in [5.41, 5.74) is -1.44. The Kier molecular flexibility index (Phi) is 9.55. The summed E-state index contributed by atoms with van der Waals surface area (Å²) in [5.74, 6) is -3.20. The normalized spacial score (nSPS) is 21.8. The van der Waals surface area contributed by atoms with Crippen molar-refractivity contribution < 1.29 is 39.0 Å². The standard InChI is InChI=1S/C21H23N9O8S3/c1-2-5-38-26-13(11-6-39-19(23-11)22-10-31)15(34)24-14-16(35)29-7-21(18(36)37,8-40-17(14)29)9-41-20-25-27-28-30(20)4-3-12(32)33/h2,6,10,14,17H,1,3-5,7-9H2,(H,24,34)(H,32,33)(H,36,37)(H,22,23,31)/t14?,17-,21?/m1/s1. The number of tetrazole rings is 1. The minimum atomic E-state index is -1.34. The molecule has 3 amide bonds. The minimum absolute atomic E-state index is 0.0101. The molecule has 41 heavy (non-hydrogen) atoms. The number of nitrogens with zero attached hydrogens (tertiary/aromatic N) is 7. The van der Waals surface area contributed by atoms with Gasteiger partial charge in [0.2, 0.25) is 17.5 Å². The van der Waals surface area contributed by atoms with E-state index in [0.29, 0.717) is 6.41 Å². The number of β-lactam (4-membered cyclic amide) rings is 1. The van der Waals surface area contributed by atoms with Crippen LogP contribution in [0.4, 0.5) is 5.13 Å². The molecule has 0 aromatic carbocycles. The van der Waals surface area contributed by atoms with Crippen molar-refractivity contribution in [1.82, 2.24) is 35.4 Å². The summed E-state index contributed by atoms with van der Waals surface area (Å²) in [7, 11) is 0. The van der Waals surface area contributed by atoms with E-state index in [2.05, 4.69) is 42.9 Å². The van der Waals surface area contributed by atoms with Crippen molar-refractivity contribution >= 4 is 75.9 Å². The molecule has 2 aromatic heterocycles. The topological polar surface area (TPSA) is 231 Å².